The van der Waals surface area contributed by atoms with Crippen molar-refractivity contribution in [2.24, 2.45) is 0 Å². The first-order chi connectivity index (χ1) is 11.2. The summed E-state index contributed by atoms with van der Waals surface area (Å²) in [7, 11) is 0. The Balaban J connectivity index is 1.81. The van der Waals surface area contributed by atoms with Crippen LogP contribution in [0.15, 0.2) is 55.1 Å². The van der Waals surface area contributed by atoms with Crippen LogP contribution < -0.4 is 5.32 Å². The van der Waals surface area contributed by atoms with Gasteiger partial charge in [0.1, 0.15) is 17.9 Å². The molecule has 1 aliphatic rings. The lowest BCUT2D eigenvalue weighted by atomic mass is 9.90. The number of imidazole rings is 1. The molecular weight excluding hydrogens is 292 g/mol. The Bertz CT molecular complexity index is 856. The number of benzene rings is 1. The second-order valence-electron chi connectivity index (χ2n) is 5.46. The van der Waals surface area contributed by atoms with Crippen LogP contribution in [0.3, 0.4) is 0 Å². The molecule has 0 saturated carbocycles. The molecule has 0 fully saturated rings. The molecule has 0 spiro atoms. The molecule has 1 atom stereocenters. The summed E-state index contributed by atoms with van der Waals surface area (Å²) in [5.41, 5.74) is 2.61. The SMILES string of the molecule is O=C1C[C@@H](c2ccc(O)cc2)c2ncn(-c3cccnc3)c2N1. The van der Waals surface area contributed by atoms with Crippen molar-refractivity contribution in [2.45, 2.75) is 12.3 Å². The van der Waals surface area contributed by atoms with Gasteiger partial charge in [-0.25, -0.2) is 4.98 Å². The van der Waals surface area contributed by atoms with Crippen molar-refractivity contribution in [3.05, 3.63) is 66.4 Å². The second kappa shape index (κ2) is 5.24. The van der Waals surface area contributed by atoms with E-state index >= 15 is 0 Å². The van der Waals surface area contributed by atoms with E-state index in [-0.39, 0.29) is 17.6 Å². The standard InChI is InChI=1S/C17H14N4O2/c22-13-5-3-11(4-6-13)14-8-15(23)20-17-16(14)19-10-21(17)12-2-1-7-18-9-12/h1-7,9-10,14,22H,8H2,(H,20,23)/t14-/m0/s1. The minimum atomic E-state index is -0.128. The summed E-state index contributed by atoms with van der Waals surface area (Å²) >= 11 is 0. The predicted molar refractivity (Wildman–Crippen MR) is 84.6 cm³/mol. The number of pyridine rings is 1. The summed E-state index contributed by atoms with van der Waals surface area (Å²) in [5.74, 6) is 0.695. The van der Waals surface area contributed by atoms with Crippen molar-refractivity contribution in [1.29, 1.82) is 0 Å². The lowest BCUT2D eigenvalue weighted by Gasteiger charge is -2.23. The molecule has 1 aromatic carbocycles. The maximum absolute atomic E-state index is 12.1. The van der Waals surface area contributed by atoms with E-state index in [1.807, 2.05) is 28.8 Å². The summed E-state index contributed by atoms with van der Waals surface area (Å²) in [6.07, 6.45) is 5.45. The van der Waals surface area contributed by atoms with E-state index < -0.39 is 0 Å². The topological polar surface area (TPSA) is 80.0 Å². The zero-order valence-electron chi connectivity index (χ0n) is 12.2. The summed E-state index contributed by atoms with van der Waals surface area (Å²) < 4.78 is 1.83. The zero-order valence-corrected chi connectivity index (χ0v) is 12.2. The third kappa shape index (κ3) is 2.34. The third-order valence-corrected chi connectivity index (χ3v) is 3.99. The molecule has 0 unspecified atom stereocenters. The first-order valence-corrected chi connectivity index (χ1v) is 7.29. The van der Waals surface area contributed by atoms with Gasteiger partial charge >= 0.3 is 0 Å². The monoisotopic (exact) mass is 306 g/mol. The molecule has 0 bridgehead atoms. The molecule has 0 saturated heterocycles. The van der Waals surface area contributed by atoms with Crippen LogP contribution >= 0.6 is 0 Å². The van der Waals surface area contributed by atoms with Gasteiger partial charge in [-0.05, 0) is 29.8 Å². The summed E-state index contributed by atoms with van der Waals surface area (Å²) in [6, 6.07) is 10.6. The van der Waals surface area contributed by atoms with Crippen LogP contribution in [0, 0.1) is 0 Å². The van der Waals surface area contributed by atoms with Gasteiger partial charge in [-0.3, -0.25) is 14.3 Å². The van der Waals surface area contributed by atoms with E-state index in [4.69, 9.17) is 0 Å². The number of carbonyl (C=O) groups is 1. The molecule has 1 amide bonds. The van der Waals surface area contributed by atoms with Crippen molar-refractivity contribution in [2.75, 3.05) is 5.32 Å². The molecule has 3 heterocycles. The second-order valence-corrected chi connectivity index (χ2v) is 5.46. The number of hydrogen-bond donors (Lipinski definition) is 2. The van der Waals surface area contributed by atoms with Crippen molar-refractivity contribution in [1.82, 2.24) is 14.5 Å². The van der Waals surface area contributed by atoms with Gasteiger partial charge < -0.3 is 10.4 Å². The number of aromatic nitrogens is 3. The maximum Gasteiger partial charge on any atom is 0.226 e. The number of carbonyl (C=O) groups excluding carboxylic acids is 1. The Morgan fingerprint density at radius 3 is 2.78 bits per heavy atom. The average Bonchev–Trinajstić information content (AvgIpc) is 2.99. The Morgan fingerprint density at radius 1 is 1.22 bits per heavy atom. The number of nitrogens with zero attached hydrogens (tertiary/aromatic N) is 3. The number of nitrogens with one attached hydrogen (secondary N) is 1. The van der Waals surface area contributed by atoms with E-state index in [2.05, 4.69) is 15.3 Å². The molecule has 6 nitrogen and oxygen atoms in total. The average molecular weight is 306 g/mol. The van der Waals surface area contributed by atoms with E-state index in [1.54, 1.807) is 30.9 Å². The van der Waals surface area contributed by atoms with E-state index in [1.165, 1.54) is 0 Å². The van der Waals surface area contributed by atoms with Crippen molar-refractivity contribution >= 4 is 11.7 Å². The zero-order chi connectivity index (χ0) is 15.8. The van der Waals surface area contributed by atoms with Gasteiger partial charge in [-0.1, -0.05) is 12.1 Å². The minimum Gasteiger partial charge on any atom is -0.508 e. The van der Waals surface area contributed by atoms with E-state index in [9.17, 15) is 9.90 Å². The first-order valence-electron chi connectivity index (χ1n) is 7.29. The fraction of sp³-hybridized carbons (Fsp3) is 0.118. The molecule has 3 aromatic rings. The first kappa shape index (κ1) is 13.5. The highest BCUT2D eigenvalue weighted by atomic mass is 16.3. The Morgan fingerprint density at radius 2 is 2.04 bits per heavy atom. The van der Waals surface area contributed by atoms with Crippen molar-refractivity contribution in [3.8, 4) is 11.4 Å². The number of hydrogen-bond acceptors (Lipinski definition) is 4. The Hall–Kier alpha value is -3.15. The van der Waals surface area contributed by atoms with Gasteiger partial charge in [-0.2, -0.15) is 0 Å². The number of phenols is 1. The number of phenolic OH excluding ortho intramolecular Hbond substituents is 1. The van der Waals surface area contributed by atoms with E-state index in [0.717, 1.165) is 16.9 Å². The molecule has 0 aliphatic carbocycles. The highest BCUT2D eigenvalue weighted by Crippen LogP contribution is 2.37. The smallest absolute Gasteiger partial charge is 0.226 e. The molecule has 2 N–H and O–H groups in total. The van der Waals surface area contributed by atoms with Gasteiger partial charge in [0.25, 0.3) is 0 Å². The quantitative estimate of drug-likeness (QED) is 0.762. The summed E-state index contributed by atoms with van der Waals surface area (Å²) in [6.45, 7) is 0. The molecule has 114 valence electrons. The van der Waals surface area contributed by atoms with Crippen LogP contribution in [0.2, 0.25) is 0 Å². The number of aromatic hydroxyl groups is 1. The number of fused-ring (bicyclic) bond motifs is 1. The summed E-state index contributed by atoms with van der Waals surface area (Å²) in [4.78, 5) is 20.8. The number of amides is 1. The van der Waals surface area contributed by atoms with Crippen LogP contribution in [0.5, 0.6) is 5.75 Å². The molecule has 1 aliphatic heterocycles. The molecule has 23 heavy (non-hydrogen) atoms. The molecule has 6 heteroatoms. The van der Waals surface area contributed by atoms with Crippen LogP contribution in [0.1, 0.15) is 23.6 Å². The molecule has 2 aromatic heterocycles. The van der Waals surface area contributed by atoms with Crippen LogP contribution in [-0.2, 0) is 4.79 Å². The van der Waals surface area contributed by atoms with Crippen LogP contribution in [0.4, 0.5) is 5.82 Å². The van der Waals surface area contributed by atoms with Crippen LogP contribution in [0.25, 0.3) is 5.69 Å². The normalized spacial score (nSPS) is 16.7. The Kier molecular flexibility index (Phi) is 3.08. The highest BCUT2D eigenvalue weighted by molar-refractivity contribution is 5.94. The molecular formula is C17H14N4O2. The summed E-state index contributed by atoms with van der Waals surface area (Å²) in [5, 5.41) is 12.4. The lowest BCUT2D eigenvalue weighted by Crippen LogP contribution is -2.24. The van der Waals surface area contributed by atoms with Gasteiger partial charge in [0.05, 0.1) is 17.6 Å². The fourth-order valence-corrected chi connectivity index (χ4v) is 2.88. The van der Waals surface area contributed by atoms with Gasteiger partial charge in [0.2, 0.25) is 5.91 Å². The Labute approximate surface area is 132 Å². The number of anilines is 1. The number of rotatable bonds is 2. The predicted octanol–water partition coefficient (Wildman–Crippen LogP) is 2.45. The van der Waals surface area contributed by atoms with Gasteiger partial charge in [0.15, 0.2) is 0 Å². The van der Waals surface area contributed by atoms with Gasteiger partial charge in [0, 0.05) is 18.5 Å². The molecule has 4 rings (SSSR count). The largest absolute Gasteiger partial charge is 0.508 e. The highest BCUT2D eigenvalue weighted by Gasteiger charge is 2.30. The third-order valence-electron chi connectivity index (χ3n) is 3.99. The van der Waals surface area contributed by atoms with Crippen molar-refractivity contribution < 1.29 is 9.90 Å². The van der Waals surface area contributed by atoms with Gasteiger partial charge in [-0.15, -0.1) is 0 Å². The molecule has 0 radical (unpaired) electrons. The fourth-order valence-electron chi connectivity index (χ4n) is 2.88. The maximum atomic E-state index is 12.1. The lowest BCUT2D eigenvalue weighted by molar-refractivity contribution is -0.116. The van der Waals surface area contributed by atoms with Crippen molar-refractivity contribution in [3.63, 3.8) is 0 Å². The van der Waals surface area contributed by atoms with E-state index in [0.29, 0.717) is 12.2 Å². The minimum absolute atomic E-state index is 0.0544. The van der Waals surface area contributed by atoms with Crippen LogP contribution in [-0.4, -0.2) is 25.5 Å².